The van der Waals surface area contributed by atoms with Crippen molar-refractivity contribution in [3.8, 4) is 11.5 Å². The molecule has 2 atom stereocenters. The molecule has 0 aromatic heterocycles. The molecule has 0 aliphatic carbocycles. The Labute approximate surface area is 214 Å². The van der Waals surface area contributed by atoms with Gasteiger partial charge in [0.25, 0.3) is 11.8 Å². The highest BCUT2D eigenvalue weighted by Crippen LogP contribution is 2.33. The van der Waals surface area contributed by atoms with Crippen LogP contribution >= 0.6 is 0 Å². The van der Waals surface area contributed by atoms with E-state index in [1.807, 2.05) is 30.3 Å². The second-order valence-electron chi connectivity index (χ2n) is 10.0. The van der Waals surface area contributed by atoms with Gasteiger partial charge in [0.15, 0.2) is 6.61 Å². The lowest BCUT2D eigenvalue weighted by molar-refractivity contribution is -0.137. The Morgan fingerprint density at radius 3 is 2.78 bits per heavy atom. The van der Waals surface area contributed by atoms with Gasteiger partial charge in [0.2, 0.25) is 11.8 Å². The van der Waals surface area contributed by atoms with Crippen molar-refractivity contribution in [3.63, 3.8) is 0 Å². The zero-order valence-electron chi connectivity index (χ0n) is 20.6. The second kappa shape index (κ2) is 9.19. The number of nitrogens with one attached hydrogen (secondary N) is 1. The standard InChI is InChI=1S/C27H28N4O6/c1-29-22-10-16(2-6-23(22)36-15-25(29)33)12-30-9-8-19(14-30)37-18-3-4-20-17(11-18)13-31(27(20)35)21-5-7-24(32)28-26(21)34/h2-4,6,10-11,19,21H,5,7-9,12-15H2,1H3,(H,28,32,34). The maximum Gasteiger partial charge on any atom is 0.264 e. The number of benzene rings is 2. The lowest BCUT2D eigenvalue weighted by Gasteiger charge is -2.29. The van der Waals surface area contributed by atoms with Gasteiger partial charge in [0.05, 0.1) is 5.69 Å². The first kappa shape index (κ1) is 23.5. The van der Waals surface area contributed by atoms with E-state index in [1.165, 1.54) is 0 Å². The highest BCUT2D eigenvalue weighted by atomic mass is 16.5. The van der Waals surface area contributed by atoms with Crippen LogP contribution in [0.2, 0.25) is 0 Å². The molecule has 2 unspecified atom stereocenters. The molecule has 0 radical (unpaired) electrons. The minimum atomic E-state index is -0.626. The molecule has 192 valence electrons. The number of hydrogen-bond acceptors (Lipinski definition) is 7. The molecule has 37 heavy (non-hydrogen) atoms. The molecule has 10 nitrogen and oxygen atoms in total. The van der Waals surface area contributed by atoms with E-state index in [9.17, 15) is 19.2 Å². The van der Waals surface area contributed by atoms with Crippen LogP contribution in [0.4, 0.5) is 5.69 Å². The molecule has 0 saturated carbocycles. The smallest absolute Gasteiger partial charge is 0.264 e. The van der Waals surface area contributed by atoms with Crippen LogP contribution in [0.1, 0.15) is 40.7 Å². The summed E-state index contributed by atoms with van der Waals surface area (Å²) in [6.45, 7) is 2.79. The summed E-state index contributed by atoms with van der Waals surface area (Å²) >= 11 is 0. The Morgan fingerprint density at radius 2 is 1.95 bits per heavy atom. The fourth-order valence-electron chi connectivity index (χ4n) is 5.53. The lowest BCUT2D eigenvalue weighted by atomic mass is 10.0. The molecule has 2 aromatic carbocycles. The number of fused-ring (bicyclic) bond motifs is 2. The number of hydrogen-bond donors (Lipinski definition) is 1. The number of piperidine rings is 1. The zero-order chi connectivity index (χ0) is 25.7. The van der Waals surface area contributed by atoms with Gasteiger partial charge in [-0.3, -0.25) is 29.4 Å². The van der Waals surface area contributed by atoms with Crippen molar-refractivity contribution in [2.45, 2.75) is 44.5 Å². The van der Waals surface area contributed by atoms with Gasteiger partial charge >= 0.3 is 0 Å². The number of carbonyl (C=O) groups is 4. The minimum absolute atomic E-state index is 0.0200. The molecule has 0 bridgehead atoms. The topological polar surface area (TPSA) is 108 Å². The van der Waals surface area contributed by atoms with Crippen molar-refractivity contribution in [2.24, 2.45) is 0 Å². The molecular formula is C27H28N4O6. The zero-order valence-corrected chi connectivity index (χ0v) is 20.6. The predicted molar refractivity (Wildman–Crippen MR) is 132 cm³/mol. The fourth-order valence-corrected chi connectivity index (χ4v) is 5.53. The number of imide groups is 1. The summed E-state index contributed by atoms with van der Waals surface area (Å²) in [5.74, 6) is 0.468. The average Bonchev–Trinajstić information content (AvgIpc) is 3.45. The Bertz CT molecular complexity index is 1310. The summed E-state index contributed by atoms with van der Waals surface area (Å²) in [6.07, 6.45) is 1.48. The van der Waals surface area contributed by atoms with Crippen LogP contribution in [0, 0.1) is 0 Å². The summed E-state index contributed by atoms with van der Waals surface area (Å²) in [5, 5.41) is 2.33. The largest absolute Gasteiger partial charge is 0.489 e. The van der Waals surface area contributed by atoms with Crippen LogP contribution < -0.4 is 19.7 Å². The van der Waals surface area contributed by atoms with Gasteiger partial charge in [0.1, 0.15) is 23.6 Å². The van der Waals surface area contributed by atoms with E-state index < -0.39 is 11.9 Å². The Morgan fingerprint density at radius 1 is 1.08 bits per heavy atom. The number of rotatable bonds is 5. The highest BCUT2D eigenvalue weighted by molar-refractivity contribution is 6.05. The summed E-state index contributed by atoms with van der Waals surface area (Å²) < 4.78 is 11.8. The molecular weight excluding hydrogens is 476 g/mol. The van der Waals surface area contributed by atoms with Gasteiger partial charge in [-0.25, -0.2) is 0 Å². The highest BCUT2D eigenvalue weighted by Gasteiger charge is 2.39. The van der Waals surface area contributed by atoms with Crippen LogP contribution in [0.5, 0.6) is 11.5 Å². The molecule has 1 N–H and O–H groups in total. The molecule has 6 rings (SSSR count). The molecule has 2 aromatic rings. The third kappa shape index (κ3) is 4.42. The van der Waals surface area contributed by atoms with Crippen molar-refractivity contribution >= 4 is 29.3 Å². The van der Waals surface area contributed by atoms with E-state index in [0.29, 0.717) is 24.3 Å². The van der Waals surface area contributed by atoms with Gasteiger partial charge in [-0.1, -0.05) is 6.07 Å². The summed E-state index contributed by atoms with van der Waals surface area (Å²) in [5.41, 5.74) is 3.30. The van der Waals surface area contributed by atoms with Crippen molar-refractivity contribution in [2.75, 3.05) is 31.6 Å². The van der Waals surface area contributed by atoms with E-state index in [0.717, 1.165) is 48.6 Å². The predicted octanol–water partition coefficient (Wildman–Crippen LogP) is 1.46. The first-order chi connectivity index (χ1) is 17.9. The number of anilines is 1. The SMILES string of the molecule is CN1C(=O)COc2ccc(CN3CCC(Oc4ccc5c(c4)CN(C4CCC(=O)NC4=O)C5=O)C3)cc21. The molecule has 4 heterocycles. The molecule has 4 aliphatic heterocycles. The van der Waals surface area contributed by atoms with E-state index in [4.69, 9.17) is 9.47 Å². The molecule has 2 saturated heterocycles. The lowest BCUT2D eigenvalue weighted by Crippen LogP contribution is -2.52. The fraction of sp³-hybridized carbons (Fsp3) is 0.407. The average molecular weight is 505 g/mol. The Hall–Kier alpha value is -3.92. The third-order valence-electron chi connectivity index (χ3n) is 7.54. The van der Waals surface area contributed by atoms with Crippen LogP contribution in [0.25, 0.3) is 0 Å². The summed E-state index contributed by atoms with van der Waals surface area (Å²) in [6, 6.07) is 10.8. The van der Waals surface area contributed by atoms with E-state index in [-0.39, 0.29) is 36.9 Å². The maximum absolute atomic E-state index is 12.9. The molecule has 4 aliphatic rings. The van der Waals surface area contributed by atoms with Gasteiger partial charge < -0.3 is 19.3 Å². The normalized spacial score (nSPS) is 23.6. The third-order valence-corrected chi connectivity index (χ3v) is 7.54. The number of likely N-dealkylation sites (N-methyl/N-ethyl adjacent to an activating group) is 1. The van der Waals surface area contributed by atoms with Crippen LogP contribution in [-0.4, -0.2) is 72.3 Å². The number of ether oxygens (including phenoxy) is 2. The van der Waals surface area contributed by atoms with E-state index in [2.05, 4.69) is 10.2 Å². The number of carbonyl (C=O) groups excluding carboxylic acids is 4. The quantitative estimate of drug-likeness (QED) is 0.614. The van der Waals surface area contributed by atoms with Crippen LogP contribution in [0.15, 0.2) is 36.4 Å². The summed E-state index contributed by atoms with van der Waals surface area (Å²) in [7, 11) is 1.77. The van der Waals surface area contributed by atoms with Gasteiger partial charge in [-0.05, 0) is 54.3 Å². The first-order valence-electron chi connectivity index (χ1n) is 12.5. The van der Waals surface area contributed by atoms with Crippen molar-refractivity contribution in [3.05, 3.63) is 53.1 Å². The minimum Gasteiger partial charge on any atom is -0.489 e. The van der Waals surface area contributed by atoms with Crippen molar-refractivity contribution in [1.29, 1.82) is 0 Å². The Kier molecular flexibility index (Phi) is 5.83. The van der Waals surface area contributed by atoms with Crippen molar-refractivity contribution in [1.82, 2.24) is 15.1 Å². The number of nitrogens with zero attached hydrogens (tertiary/aromatic N) is 3. The first-order valence-corrected chi connectivity index (χ1v) is 12.5. The second-order valence-corrected chi connectivity index (χ2v) is 10.0. The van der Waals surface area contributed by atoms with Gasteiger partial charge in [-0.15, -0.1) is 0 Å². The van der Waals surface area contributed by atoms with Gasteiger partial charge in [0, 0.05) is 45.2 Å². The van der Waals surface area contributed by atoms with Crippen LogP contribution in [-0.2, 0) is 27.5 Å². The summed E-state index contributed by atoms with van der Waals surface area (Å²) in [4.78, 5) is 54.1. The molecule has 4 amide bonds. The maximum atomic E-state index is 12.9. The van der Waals surface area contributed by atoms with Crippen molar-refractivity contribution < 1.29 is 28.7 Å². The van der Waals surface area contributed by atoms with E-state index in [1.54, 1.807) is 22.9 Å². The molecule has 10 heteroatoms. The number of amides is 4. The monoisotopic (exact) mass is 504 g/mol. The molecule has 2 fully saturated rings. The van der Waals surface area contributed by atoms with Crippen LogP contribution in [0.3, 0.4) is 0 Å². The van der Waals surface area contributed by atoms with Gasteiger partial charge in [-0.2, -0.15) is 0 Å². The molecule has 0 spiro atoms. The Balaban J connectivity index is 1.07. The number of likely N-dealkylation sites (tertiary alicyclic amines) is 1. The van der Waals surface area contributed by atoms with E-state index >= 15 is 0 Å².